The molecule has 1 atom stereocenters. The number of carbonyl (C=O) groups is 1. The highest BCUT2D eigenvalue weighted by Gasteiger charge is 2.22. The summed E-state index contributed by atoms with van der Waals surface area (Å²) in [4.78, 5) is 26.1. The predicted molar refractivity (Wildman–Crippen MR) is 71.2 cm³/mol. The number of hydrogen-bond donors (Lipinski definition) is 1. The van der Waals surface area contributed by atoms with E-state index in [-0.39, 0.29) is 17.3 Å². The van der Waals surface area contributed by atoms with Crippen LogP contribution in [0.2, 0.25) is 0 Å². The molecule has 0 saturated carbocycles. The second-order valence-corrected chi connectivity index (χ2v) is 4.24. The lowest BCUT2D eigenvalue weighted by molar-refractivity contribution is -0.385. The van der Waals surface area contributed by atoms with E-state index in [1.807, 2.05) is 0 Å². The standard InChI is InChI=1S/C12H13N5O3/c1-8-11(17(19)20)7-16(15-8)9(2)12(18)14-10-3-5-13-6-4-10/h3-7,9H,1-2H3,(H,13,14,18). The van der Waals surface area contributed by atoms with Crippen LogP contribution in [0.5, 0.6) is 0 Å². The summed E-state index contributed by atoms with van der Waals surface area (Å²) in [6.45, 7) is 3.15. The van der Waals surface area contributed by atoms with Gasteiger partial charge in [0.05, 0.1) is 4.92 Å². The summed E-state index contributed by atoms with van der Waals surface area (Å²) < 4.78 is 1.28. The first-order valence-corrected chi connectivity index (χ1v) is 5.90. The first-order valence-electron chi connectivity index (χ1n) is 5.90. The molecule has 1 unspecified atom stereocenters. The quantitative estimate of drug-likeness (QED) is 0.675. The number of nitrogens with one attached hydrogen (secondary N) is 1. The minimum Gasteiger partial charge on any atom is -0.324 e. The van der Waals surface area contributed by atoms with Crippen LogP contribution in [0.25, 0.3) is 0 Å². The van der Waals surface area contributed by atoms with Crippen molar-refractivity contribution in [3.63, 3.8) is 0 Å². The van der Waals surface area contributed by atoms with Gasteiger partial charge in [-0.15, -0.1) is 0 Å². The Morgan fingerprint density at radius 1 is 1.45 bits per heavy atom. The molecule has 20 heavy (non-hydrogen) atoms. The average Bonchev–Trinajstić information content (AvgIpc) is 2.81. The van der Waals surface area contributed by atoms with Gasteiger partial charge in [-0.05, 0) is 26.0 Å². The van der Waals surface area contributed by atoms with Gasteiger partial charge in [0.25, 0.3) is 0 Å². The lowest BCUT2D eigenvalue weighted by Gasteiger charge is -2.12. The zero-order valence-electron chi connectivity index (χ0n) is 11.0. The largest absolute Gasteiger partial charge is 0.324 e. The molecule has 8 heteroatoms. The van der Waals surface area contributed by atoms with E-state index >= 15 is 0 Å². The van der Waals surface area contributed by atoms with Crippen LogP contribution in [0.1, 0.15) is 18.7 Å². The molecule has 0 fully saturated rings. The van der Waals surface area contributed by atoms with Crippen molar-refractivity contribution >= 4 is 17.3 Å². The molecule has 2 aromatic rings. The highest BCUT2D eigenvalue weighted by molar-refractivity contribution is 5.93. The SMILES string of the molecule is Cc1nn(C(C)C(=O)Nc2ccncc2)cc1[N+](=O)[O-]. The Labute approximate surface area is 114 Å². The van der Waals surface area contributed by atoms with E-state index in [0.717, 1.165) is 0 Å². The fraction of sp³-hybridized carbons (Fsp3) is 0.250. The number of aromatic nitrogens is 3. The zero-order chi connectivity index (χ0) is 14.7. The van der Waals surface area contributed by atoms with Crippen LogP contribution in [-0.2, 0) is 4.79 Å². The molecular formula is C12H13N5O3. The van der Waals surface area contributed by atoms with E-state index < -0.39 is 11.0 Å². The monoisotopic (exact) mass is 275 g/mol. The molecule has 1 amide bonds. The Bertz CT molecular complexity index is 638. The van der Waals surface area contributed by atoms with Crippen molar-refractivity contribution in [2.24, 2.45) is 0 Å². The minimum atomic E-state index is -0.657. The van der Waals surface area contributed by atoms with Crippen LogP contribution in [0.4, 0.5) is 11.4 Å². The van der Waals surface area contributed by atoms with Crippen LogP contribution in [-0.4, -0.2) is 25.6 Å². The Balaban J connectivity index is 2.15. The molecule has 2 rings (SSSR count). The van der Waals surface area contributed by atoms with Crippen molar-refractivity contribution in [1.29, 1.82) is 0 Å². The second kappa shape index (κ2) is 5.47. The van der Waals surface area contributed by atoms with Gasteiger partial charge in [-0.25, -0.2) is 0 Å². The van der Waals surface area contributed by atoms with Crippen molar-refractivity contribution in [3.05, 3.63) is 46.5 Å². The van der Waals surface area contributed by atoms with E-state index in [2.05, 4.69) is 15.4 Å². The van der Waals surface area contributed by atoms with E-state index in [9.17, 15) is 14.9 Å². The highest BCUT2D eigenvalue weighted by Crippen LogP contribution is 2.19. The summed E-state index contributed by atoms with van der Waals surface area (Å²) in [6, 6.07) is 2.65. The fourth-order valence-corrected chi connectivity index (χ4v) is 1.65. The van der Waals surface area contributed by atoms with Crippen LogP contribution in [0.3, 0.4) is 0 Å². The lowest BCUT2D eigenvalue weighted by atomic mass is 10.3. The summed E-state index contributed by atoms with van der Waals surface area (Å²) in [7, 11) is 0. The van der Waals surface area contributed by atoms with Crippen LogP contribution >= 0.6 is 0 Å². The summed E-state index contributed by atoms with van der Waals surface area (Å²) in [5, 5.41) is 17.4. The third-order valence-corrected chi connectivity index (χ3v) is 2.81. The van der Waals surface area contributed by atoms with Gasteiger partial charge in [-0.3, -0.25) is 24.6 Å². The molecule has 104 valence electrons. The van der Waals surface area contributed by atoms with Crippen molar-refractivity contribution < 1.29 is 9.72 Å². The number of rotatable bonds is 4. The smallest absolute Gasteiger partial charge is 0.309 e. The normalized spacial score (nSPS) is 11.9. The third kappa shape index (κ3) is 2.79. The maximum absolute atomic E-state index is 12.0. The number of pyridine rings is 1. The Kier molecular flexibility index (Phi) is 3.74. The molecule has 0 spiro atoms. The molecular weight excluding hydrogens is 262 g/mol. The van der Waals surface area contributed by atoms with E-state index in [1.165, 1.54) is 17.8 Å². The summed E-state index contributed by atoms with van der Waals surface area (Å²) >= 11 is 0. The number of anilines is 1. The molecule has 2 aromatic heterocycles. The molecule has 1 N–H and O–H groups in total. The summed E-state index contributed by atoms with van der Waals surface area (Å²) in [5.41, 5.74) is 0.780. The first-order chi connectivity index (χ1) is 9.49. The van der Waals surface area contributed by atoms with E-state index in [1.54, 1.807) is 31.5 Å². The van der Waals surface area contributed by atoms with Gasteiger partial charge in [-0.2, -0.15) is 5.10 Å². The molecule has 8 nitrogen and oxygen atoms in total. The van der Waals surface area contributed by atoms with Gasteiger partial charge >= 0.3 is 5.69 Å². The second-order valence-electron chi connectivity index (χ2n) is 4.24. The molecule has 0 saturated heterocycles. The van der Waals surface area contributed by atoms with Gasteiger partial charge in [0, 0.05) is 18.1 Å². The van der Waals surface area contributed by atoms with E-state index in [4.69, 9.17) is 0 Å². The van der Waals surface area contributed by atoms with Crippen molar-refractivity contribution in [2.75, 3.05) is 5.32 Å². The van der Waals surface area contributed by atoms with Gasteiger partial charge in [0.15, 0.2) is 0 Å². The number of nitro groups is 1. The topological polar surface area (TPSA) is 103 Å². The maximum atomic E-state index is 12.0. The van der Waals surface area contributed by atoms with Crippen molar-refractivity contribution in [2.45, 2.75) is 19.9 Å². The molecule has 0 aliphatic carbocycles. The van der Waals surface area contributed by atoms with Gasteiger partial charge < -0.3 is 5.32 Å². The number of aryl methyl sites for hydroxylation is 1. The Morgan fingerprint density at radius 2 is 2.10 bits per heavy atom. The van der Waals surface area contributed by atoms with Crippen LogP contribution < -0.4 is 5.32 Å². The zero-order valence-corrected chi connectivity index (χ0v) is 11.0. The predicted octanol–water partition coefficient (Wildman–Crippen LogP) is 1.69. The van der Waals surface area contributed by atoms with Gasteiger partial charge in [-0.1, -0.05) is 0 Å². The summed E-state index contributed by atoms with van der Waals surface area (Å²) in [5.74, 6) is -0.311. The molecule has 0 aliphatic heterocycles. The number of carbonyl (C=O) groups excluding carboxylic acids is 1. The van der Waals surface area contributed by atoms with Crippen molar-refractivity contribution in [1.82, 2.24) is 14.8 Å². The van der Waals surface area contributed by atoms with Crippen LogP contribution in [0.15, 0.2) is 30.7 Å². The first kappa shape index (κ1) is 13.7. The van der Waals surface area contributed by atoms with E-state index in [0.29, 0.717) is 5.69 Å². The van der Waals surface area contributed by atoms with Gasteiger partial charge in [0.1, 0.15) is 17.9 Å². The molecule has 2 heterocycles. The Hall–Kier alpha value is -2.77. The fourth-order valence-electron chi connectivity index (χ4n) is 1.65. The minimum absolute atomic E-state index is 0.103. The third-order valence-electron chi connectivity index (χ3n) is 2.81. The highest BCUT2D eigenvalue weighted by atomic mass is 16.6. The molecule has 0 bridgehead atoms. The van der Waals surface area contributed by atoms with Crippen LogP contribution in [0, 0.1) is 17.0 Å². The number of hydrogen-bond acceptors (Lipinski definition) is 5. The summed E-state index contributed by atoms with van der Waals surface area (Å²) in [6.07, 6.45) is 4.37. The molecule has 0 aromatic carbocycles. The number of amides is 1. The maximum Gasteiger partial charge on any atom is 0.309 e. The average molecular weight is 275 g/mol. The lowest BCUT2D eigenvalue weighted by Crippen LogP contribution is -2.24. The molecule has 0 aliphatic rings. The number of nitrogens with zero attached hydrogens (tertiary/aromatic N) is 4. The molecule has 0 radical (unpaired) electrons. The van der Waals surface area contributed by atoms with Gasteiger partial charge in [0.2, 0.25) is 5.91 Å². The Morgan fingerprint density at radius 3 is 2.65 bits per heavy atom. The van der Waals surface area contributed by atoms with Crippen molar-refractivity contribution in [3.8, 4) is 0 Å².